The molecular weight excluding hydrogens is 178 g/mol. The molecule has 2 rings (SSSR count). The molecule has 0 aliphatic carbocycles. The molecular formula is C10H17N3O. The molecule has 0 atom stereocenters. The van der Waals surface area contributed by atoms with E-state index in [0.29, 0.717) is 0 Å². The predicted octanol–water partition coefficient (Wildman–Crippen LogP) is -0.662. The van der Waals surface area contributed by atoms with Crippen LogP contribution in [0.25, 0.3) is 0 Å². The van der Waals surface area contributed by atoms with Crippen molar-refractivity contribution in [2.45, 2.75) is 6.42 Å². The lowest BCUT2D eigenvalue weighted by Crippen LogP contribution is -2.48. The summed E-state index contributed by atoms with van der Waals surface area (Å²) in [7, 11) is 0. The van der Waals surface area contributed by atoms with Crippen molar-refractivity contribution in [3.63, 3.8) is 0 Å². The second-order valence-electron chi connectivity index (χ2n) is 3.74. The highest BCUT2D eigenvalue weighted by atomic mass is 16.2. The Morgan fingerprint density at radius 1 is 1.21 bits per heavy atom. The summed E-state index contributed by atoms with van der Waals surface area (Å²) in [5.41, 5.74) is 0.943. The predicted molar refractivity (Wildman–Crippen MR) is 55.0 cm³/mol. The van der Waals surface area contributed by atoms with Crippen molar-refractivity contribution in [3.8, 4) is 0 Å². The maximum Gasteiger partial charge on any atom is 0.250 e. The number of nitrogens with one attached hydrogen (secondary N) is 2. The van der Waals surface area contributed by atoms with E-state index in [0.717, 1.165) is 51.3 Å². The lowest BCUT2D eigenvalue weighted by molar-refractivity contribution is -0.127. The van der Waals surface area contributed by atoms with Crippen LogP contribution in [-0.2, 0) is 4.79 Å². The summed E-state index contributed by atoms with van der Waals surface area (Å²) in [6, 6.07) is 0. The quantitative estimate of drug-likeness (QED) is 0.584. The first-order valence-electron chi connectivity index (χ1n) is 5.27. The Morgan fingerprint density at radius 2 is 2.00 bits per heavy atom. The van der Waals surface area contributed by atoms with Gasteiger partial charge in [-0.05, 0) is 13.0 Å². The fourth-order valence-electron chi connectivity index (χ4n) is 1.88. The van der Waals surface area contributed by atoms with Gasteiger partial charge in [0.1, 0.15) is 0 Å². The highest BCUT2D eigenvalue weighted by Gasteiger charge is 2.20. The van der Waals surface area contributed by atoms with Gasteiger partial charge in [0, 0.05) is 38.3 Å². The fraction of sp³-hybridized carbons (Fsp3) is 0.700. The Balaban J connectivity index is 1.95. The monoisotopic (exact) mass is 195 g/mol. The molecule has 1 saturated heterocycles. The van der Waals surface area contributed by atoms with Gasteiger partial charge >= 0.3 is 0 Å². The normalized spacial score (nSPS) is 23.1. The minimum Gasteiger partial charge on any atom is -0.336 e. The number of rotatable bonds is 1. The molecule has 0 unspecified atom stereocenters. The van der Waals surface area contributed by atoms with Crippen molar-refractivity contribution in [1.82, 2.24) is 15.5 Å². The van der Waals surface area contributed by atoms with Crippen LogP contribution in [0.15, 0.2) is 11.6 Å². The Bertz CT molecular complexity index is 244. The smallest absolute Gasteiger partial charge is 0.250 e. The molecule has 1 amide bonds. The summed E-state index contributed by atoms with van der Waals surface area (Å²) in [5.74, 6) is 0.221. The molecule has 4 nitrogen and oxygen atoms in total. The molecule has 0 aromatic rings. The van der Waals surface area contributed by atoms with Gasteiger partial charge in [0.05, 0.1) is 0 Å². The average molecular weight is 195 g/mol. The molecule has 0 saturated carbocycles. The summed E-state index contributed by atoms with van der Waals surface area (Å²) < 4.78 is 0. The van der Waals surface area contributed by atoms with Crippen LogP contribution in [-0.4, -0.2) is 50.1 Å². The summed E-state index contributed by atoms with van der Waals surface area (Å²) in [6.07, 6.45) is 3.05. The van der Waals surface area contributed by atoms with Gasteiger partial charge in [0.25, 0.3) is 5.91 Å². The van der Waals surface area contributed by atoms with Crippen LogP contribution in [0.1, 0.15) is 6.42 Å². The summed E-state index contributed by atoms with van der Waals surface area (Å²) in [4.78, 5) is 13.9. The third kappa shape index (κ3) is 2.13. The lowest BCUT2D eigenvalue weighted by Gasteiger charge is -2.29. The molecule has 2 N–H and O–H groups in total. The summed E-state index contributed by atoms with van der Waals surface area (Å²) >= 11 is 0. The van der Waals surface area contributed by atoms with E-state index in [-0.39, 0.29) is 5.91 Å². The SMILES string of the molecule is O=C(C1=CCCNC1)N1CCNCC1. The Hall–Kier alpha value is -0.870. The molecule has 0 radical (unpaired) electrons. The molecule has 0 spiro atoms. The molecule has 14 heavy (non-hydrogen) atoms. The van der Waals surface area contributed by atoms with E-state index >= 15 is 0 Å². The Labute approximate surface area is 84.3 Å². The van der Waals surface area contributed by atoms with Crippen LogP contribution >= 0.6 is 0 Å². The van der Waals surface area contributed by atoms with E-state index in [1.54, 1.807) is 0 Å². The second kappa shape index (κ2) is 4.57. The minimum absolute atomic E-state index is 0.221. The molecule has 0 bridgehead atoms. The summed E-state index contributed by atoms with van der Waals surface area (Å²) in [5, 5.41) is 6.47. The second-order valence-corrected chi connectivity index (χ2v) is 3.74. The van der Waals surface area contributed by atoms with Crippen LogP contribution in [0.2, 0.25) is 0 Å². The van der Waals surface area contributed by atoms with Crippen molar-refractivity contribution < 1.29 is 4.79 Å². The van der Waals surface area contributed by atoms with Gasteiger partial charge in [-0.15, -0.1) is 0 Å². The van der Waals surface area contributed by atoms with Crippen molar-refractivity contribution in [2.24, 2.45) is 0 Å². The largest absolute Gasteiger partial charge is 0.336 e. The van der Waals surface area contributed by atoms with Gasteiger partial charge in [-0.3, -0.25) is 4.79 Å². The zero-order valence-corrected chi connectivity index (χ0v) is 8.38. The number of piperazine rings is 1. The van der Waals surface area contributed by atoms with Gasteiger partial charge in [0.15, 0.2) is 0 Å². The molecule has 2 aliphatic heterocycles. The maximum absolute atomic E-state index is 11.9. The van der Waals surface area contributed by atoms with Crippen molar-refractivity contribution in [2.75, 3.05) is 39.3 Å². The zero-order valence-electron chi connectivity index (χ0n) is 8.38. The lowest BCUT2D eigenvalue weighted by atomic mass is 10.1. The first-order chi connectivity index (χ1) is 6.88. The van der Waals surface area contributed by atoms with E-state index in [2.05, 4.69) is 16.7 Å². The Kier molecular flexibility index (Phi) is 3.16. The average Bonchev–Trinajstić information content (AvgIpc) is 2.30. The number of nitrogens with zero attached hydrogens (tertiary/aromatic N) is 1. The highest BCUT2D eigenvalue weighted by molar-refractivity contribution is 5.94. The maximum atomic E-state index is 11.9. The molecule has 0 aromatic carbocycles. The van der Waals surface area contributed by atoms with Gasteiger partial charge in [-0.2, -0.15) is 0 Å². The van der Waals surface area contributed by atoms with Crippen molar-refractivity contribution in [1.29, 1.82) is 0 Å². The van der Waals surface area contributed by atoms with E-state index in [1.807, 2.05) is 4.90 Å². The number of carbonyl (C=O) groups excluding carboxylic acids is 1. The van der Waals surface area contributed by atoms with Gasteiger partial charge < -0.3 is 15.5 Å². The minimum atomic E-state index is 0.221. The van der Waals surface area contributed by atoms with E-state index < -0.39 is 0 Å². The van der Waals surface area contributed by atoms with E-state index in [4.69, 9.17) is 0 Å². The molecule has 0 aromatic heterocycles. The highest BCUT2D eigenvalue weighted by Crippen LogP contribution is 2.06. The number of hydrogen-bond acceptors (Lipinski definition) is 3. The first-order valence-corrected chi connectivity index (χ1v) is 5.27. The number of amides is 1. The van der Waals surface area contributed by atoms with Crippen LogP contribution in [0.4, 0.5) is 0 Å². The van der Waals surface area contributed by atoms with Crippen molar-refractivity contribution >= 4 is 5.91 Å². The van der Waals surface area contributed by atoms with Crippen LogP contribution in [0, 0.1) is 0 Å². The van der Waals surface area contributed by atoms with Crippen LogP contribution in [0.5, 0.6) is 0 Å². The molecule has 4 heteroatoms. The summed E-state index contributed by atoms with van der Waals surface area (Å²) in [6.45, 7) is 5.27. The number of hydrogen-bond donors (Lipinski definition) is 2. The molecule has 78 valence electrons. The van der Waals surface area contributed by atoms with Crippen molar-refractivity contribution in [3.05, 3.63) is 11.6 Å². The fourth-order valence-corrected chi connectivity index (χ4v) is 1.88. The zero-order chi connectivity index (χ0) is 9.80. The van der Waals surface area contributed by atoms with Crippen LogP contribution in [0.3, 0.4) is 0 Å². The molecule has 1 fully saturated rings. The van der Waals surface area contributed by atoms with Gasteiger partial charge in [0.2, 0.25) is 0 Å². The van der Waals surface area contributed by atoms with Gasteiger partial charge in [-0.1, -0.05) is 6.08 Å². The van der Waals surface area contributed by atoms with Crippen LogP contribution < -0.4 is 10.6 Å². The molecule has 2 heterocycles. The topological polar surface area (TPSA) is 44.4 Å². The molecule has 2 aliphatic rings. The number of carbonyl (C=O) groups is 1. The first kappa shape index (κ1) is 9.68. The third-order valence-electron chi connectivity index (χ3n) is 2.71. The van der Waals surface area contributed by atoms with E-state index in [9.17, 15) is 4.79 Å². The van der Waals surface area contributed by atoms with E-state index in [1.165, 1.54) is 0 Å². The third-order valence-corrected chi connectivity index (χ3v) is 2.71. The van der Waals surface area contributed by atoms with Gasteiger partial charge in [-0.25, -0.2) is 0 Å². The standard InChI is InChI=1S/C10H17N3O/c14-10(9-2-1-3-12-8-9)13-6-4-11-5-7-13/h2,11-12H,1,3-8H2. The Morgan fingerprint density at radius 3 is 2.64 bits per heavy atom.